The van der Waals surface area contributed by atoms with E-state index in [0.717, 1.165) is 67.2 Å². The lowest BCUT2D eigenvalue weighted by atomic mass is 9.66. The Hall–Kier alpha value is -6.84. The Morgan fingerprint density at radius 1 is 0.365 bits per heavy atom. The third-order valence-corrected chi connectivity index (χ3v) is 10.9. The number of furan rings is 1. The van der Waals surface area contributed by atoms with E-state index in [4.69, 9.17) is 9.15 Å². The Morgan fingerprint density at radius 2 is 0.962 bits per heavy atom. The van der Waals surface area contributed by atoms with Crippen molar-refractivity contribution in [1.29, 1.82) is 0 Å². The normalized spacial score (nSPS) is 13.3. The summed E-state index contributed by atoms with van der Waals surface area (Å²) in [5.74, 6) is 1.78. The second-order valence-electron chi connectivity index (χ2n) is 13.7. The molecule has 0 atom stereocenters. The minimum Gasteiger partial charge on any atom is -0.457 e. The molecule has 1 aromatic heterocycles. The lowest BCUT2D eigenvalue weighted by molar-refractivity contribution is 0.436. The van der Waals surface area contributed by atoms with Gasteiger partial charge >= 0.3 is 0 Å². The van der Waals surface area contributed by atoms with Crippen LogP contribution in [0, 0.1) is 0 Å². The second kappa shape index (κ2) is 11.1. The van der Waals surface area contributed by atoms with Crippen LogP contribution in [0.2, 0.25) is 0 Å². The molecule has 0 N–H and O–H groups in total. The van der Waals surface area contributed by atoms with Gasteiger partial charge in [0.25, 0.3) is 0 Å². The maximum absolute atomic E-state index is 6.61. The van der Waals surface area contributed by atoms with Crippen LogP contribution in [0.1, 0.15) is 22.3 Å². The first-order valence-electron chi connectivity index (χ1n) is 17.8. The van der Waals surface area contributed by atoms with Crippen molar-refractivity contribution < 1.29 is 9.15 Å². The van der Waals surface area contributed by atoms with Crippen molar-refractivity contribution in [2.24, 2.45) is 0 Å². The predicted molar refractivity (Wildman–Crippen MR) is 211 cm³/mol. The van der Waals surface area contributed by atoms with Crippen molar-refractivity contribution in [3.05, 3.63) is 210 Å². The summed E-state index contributed by atoms with van der Waals surface area (Å²) in [6, 6.07) is 67.3. The monoisotopic (exact) mass is 665 g/mol. The van der Waals surface area contributed by atoms with Gasteiger partial charge < -0.3 is 14.1 Å². The number of rotatable bonds is 4. The molecule has 3 heteroatoms. The van der Waals surface area contributed by atoms with Crippen molar-refractivity contribution >= 4 is 39.0 Å². The molecule has 0 fully saturated rings. The highest BCUT2D eigenvalue weighted by Gasteiger charge is 2.51. The number of hydrogen-bond donors (Lipinski definition) is 0. The second-order valence-corrected chi connectivity index (χ2v) is 13.7. The molecule has 244 valence electrons. The average molecular weight is 666 g/mol. The van der Waals surface area contributed by atoms with E-state index in [1.54, 1.807) is 0 Å². The number of anilines is 3. The van der Waals surface area contributed by atoms with Crippen molar-refractivity contribution in [2.75, 3.05) is 4.90 Å². The zero-order chi connectivity index (χ0) is 34.2. The van der Waals surface area contributed by atoms with E-state index in [1.807, 2.05) is 12.1 Å². The van der Waals surface area contributed by atoms with Gasteiger partial charge in [0.15, 0.2) is 0 Å². The highest BCUT2D eigenvalue weighted by molar-refractivity contribution is 6.06. The summed E-state index contributed by atoms with van der Waals surface area (Å²) < 4.78 is 12.9. The molecule has 0 amide bonds. The lowest BCUT2D eigenvalue weighted by Crippen LogP contribution is -2.32. The fourth-order valence-electron chi connectivity index (χ4n) is 8.74. The zero-order valence-corrected chi connectivity index (χ0v) is 28.2. The van der Waals surface area contributed by atoms with E-state index >= 15 is 0 Å². The Bertz CT molecular complexity index is 2800. The summed E-state index contributed by atoms with van der Waals surface area (Å²) >= 11 is 0. The van der Waals surface area contributed by atoms with Crippen molar-refractivity contribution in [3.63, 3.8) is 0 Å². The van der Waals surface area contributed by atoms with Gasteiger partial charge in [-0.05, 0) is 94.0 Å². The quantitative estimate of drug-likeness (QED) is 0.187. The Labute approximate surface area is 301 Å². The van der Waals surface area contributed by atoms with E-state index in [9.17, 15) is 0 Å². The summed E-state index contributed by atoms with van der Waals surface area (Å²) in [7, 11) is 0. The minimum atomic E-state index is -0.560. The number of fused-ring (bicyclic) bond motifs is 12. The minimum absolute atomic E-state index is 0.560. The van der Waals surface area contributed by atoms with Crippen LogP contribution in [0.5, 0.6) is 11.5 Å². The predicted octanol–water partition coefficient (Wildman–Crippen LogP) is 13.2. The maximum atomic E-state index is 6.61. The molecule has 8 aromatic carbocycles. The summed E-state index contributed by atoms with van der Waals surface area (Å²) in [5.41, 5.74) is 14.1. The van der Waals surface area contributed by atoms with Crippen molar-refractivity contribution in [2.45, 2.75) is 5.41 Å². The van der Waals surface area contributed by atoms with E-state index in [-0.39, 0.29) is 0 Å². The Kier molecular flexibility index (Phi) is 6.17. The molecule has 3 nitrogen and oxygen atoms in total. The highest BCUT2D eigenvalue weighted by atomic mass is 16.5. The van der Waals surface area contributed by atoms with Gasteiger partial charge in [-0.3, -0.25) is 0 Å². The largest absolute Gasteiger partial charge is 0.457 e. The fraction of sp³-hybridized carbons (Fsp3) is 0.0204. The number of hydrogen-bond acceptors (Lipinski definition) is 3. The van der Waals surface area contributed by atoms with Gasteiger partial charge in [0.1, 0.15) is 22.7 Å². The number of ether oxygens (including phenoxy) is 1. The third-order valence-electron chi connectivity index (χ3n) is 10.9. The third kappa shape index (κ3) is 4.08. The zero-order valence-electron chi connectivity index (χ0n) is 28.2. The van der Waals surface area contributed by atoms with Crippen LogP contribution in [-0.2, 0) is 5.41 Å². The first-order valence-corrected chi connectivity index (χ1v) is 17.8. The molecule has 11 rings (SSSR count). The molecule has 1 aliphatic carbocycles. The molecular formula is C49H31NO2. The number of benzene rings is 8. The van der Waals surface area contributed by atoms with Gasteiger partial charge in [0.05, 0.1) is 5.41 Å². The van der Waals surface area contributed by atoms with E-state index < -0.39 is 5.41 Å². The summed E-state index contributed by atoms with van der Waals surface area (Å²) in [5, 5.41) is 2.20. The van der Waals surface area contributed by atoms with E-state index in [0.29, 0.717) is 0 Å². The van der Waals surface area contributed by atoms with E-state index in [1.165, 1.54) is 27.8 Å². The highest BCUT2D eigenvalue weighted by Crippen LogP contribution is 2.62. The first-order chi connectivity index (χ1) is 25.8. The SMILES string of the molecule is c1ccc(-c2cccc(N(c3ccc4c(c3)C3(c5ccccc5Oc5ccccc53)c3ccccc3-4)c3ccc4oc5ccccc5c4c3)c2)cc1. The topological polar surface area (TPSA) is 25.6 Å². The Morgan fingerprint density at radius 3 is 1.79 bits per heavy atom. The summed E-state index contributed by atoms with van der Waals surface area (Å²) in [4.78, 5) is 2.39. The van der Waals surface area contributed by atoms with Crippen LogP contribution in [-0.4, -0.2) is 0 Å². The van der Waals surface area contributed by atoms with Crippen LogP contribution in [0.3, 0.4) is 0 Å². The molecule has 0 bridgehead atoms. The molecule has 0 saturated heterocycles. The van der Waals surface area contributed by atoms with Crippen LogP contribution in [0.4, 0.5) is 17.1 Å². The first kappa shape index (κ1) is 28.9. The van der Waals surface area contributed by atoms with Crippen LogP contribution in [0.25, 0.3) is 44.2 Å². The lowest BCUT2D eigenvalue weighted by Gasteiger charge is -2.39. The molecule has 1 spiro atoms. The molecule has 0 radical (unpaired) electrons. The summed E-state index contributed by atoms with van der Waals surface area (Å²) in [6.07, 6.45) is 0. The number of para-hydroxylation sites is 3. The fourth-order valence-corrected chi connectivity index (χ4v) is 8.74. The molecule has 1 aliphatic heterocycles. The molecule has 0 saturated carbocycles. The van der Waals surface area contributed by atoms with E-state index in [2.05, 4.69) is 181 Å². The smallest absolute Gasteiger partial charge is 0.135 e. The van der Waals surface area contributed by atoms with Crippen molar-refractivity contribution in [3.8, 4) is 33.8 Å². The maximum Gasteiger partial charge on any atom is 0.135 e. The van der Waals surface area contributed by atoms with Crippen LogP contribution in [0.15, 0.2) is 192 Å². The van der Waals surface area contributed by atoms with Crippen LogP contribution < -0.4 is 9.64 Å². The molecule has 9 aromatic rings. The average Bonchev–Trinajstić information content (AvgIpc) is 3.72. The number of nitrogens with zero attached hydrogens (tertiary/aromatic N) is 1. The van der Waals surface area contributed by atoms with Gasteiger partial charge in [-0.25, -0.2) is 0 Å². The molecule has 52 heavy (non-hydrogen) atoms. The van der Waals surface area contributed by atoms with Gasteiger partial charge in [-0.2, -0.15) is 0 Å². The molecule has 2 aliphatic rings. The van der Waals surface area contributed by atoms with Crippen LogP contribution >= 0.6 is 0 Å². The van der Waals surface area contributed by atoms with Crippen molar-refractivity contribution in [1.82, 2.24) is 0 Å². The van der Waals surface area contributed by atoms with Gasteiger partial charge in [0, 0.05) is 39.0 Å². The van der Waals surface area contributed by atoms with Gasteiger partial charge in [0.2, 0.25) is 0 Å². The Balaban J connectivity index is 1.19. The molecular weight excluding hydrogens is 635 g/mol. The summed E-state index contributed by atoms with van der Waals surface area (Å²) in [6.45, 7) is 0. The van der Waals surface area contributed by atoms with Gasteiger partial charge in [-0.15, -0.1) is 0 Å². The standard InChI is InChI=1S/C49H31NO2/c1-2-13-32(14-3-1)33-15-12-16-34(29-33)50(35-26-28-46-40(30-35)39-18-5-9-22-45(39)51-46)36-25-27-38-37-17-4-6-19-41(37)49(44(38)31-36)42-20-7-10-23-47(42)52-48-24-11-8-21-43(48)49/h1-31H. The molecule has 0 unspecified atom stereocenters. The molecule has 2 heterocycles. The van der Waals surface area contributed by atoms with Gasteiger partial charge in [-0.1, -0.05) is 127 Å².